The summed E-state index contributed by atoms with van der Waals surface area (Å²) >= 11 is 0. The van der Waals surface area contributed by atoms with Crippen LogP contribution < -0.4 is 5.32 Å². The summed E-state index contributed by atoms with van der Waals surface area (Å²) in [5, 5.41) is 11.1. The molecule has 0 spiro atoms. The number of carboxylic acid groups (broad SMARTS) is 1. The van der Waals surface area contributed by atoms with Crippen molar-refractivity contribution in [1.82, 2.24) is 10.2 Å². The fraction of sp³-hybridized carbons (Fsp3) is 0.818. The van der Waals surface area contributed by atoms with Gasteiger partial charge in [0.15, 0.2) is 0 Å². The van der Waals surface area contributed by atoms with E-state index in [-0.39, 0.29) is 24.9 Å². The third-order valence-electron chi connectivity index (χ3n) is 2.85. The zero-order chi connectivity index (χ0) is 15.4. The van der Waals surface area contributed by atoms with Crippen molar-refractivity contribution in [3.63, 3.8) is 0 Å². The van der Waals surface area contributed by atoms with Gasteiger partial charge in [-0.3, -0.25) is 0 Å². The van der Waals surface area contributed by atoms with E-state index in [0.29, 0.717) is 19.5 Å². The highest BCUT2D eigenvalue weighted by molar-refractivity contribution is 7.90. The van der Waals surface area contributed by atoms with Crippen LogP contribution in [0.15, 0.2) is 0 Å². The topological polar surface area (TPSA) is 113 Å². The van der Waals surface area contributed by atoms with Gasteiger partial charge < -0.3 is 20.1 Å². The molecule has 0 atom stereocenters. The number of nitrogens with zero attached hydrogens (tertiary/aromatic N) is 1. The van der Waals surface area contributed by atoms with E-state index in [9.17, 15) is 18.0 Å². The minimum atomic E-state index is -3.01. The van der Waals surface area contributed by atoms with Crippen molar-refractivity contribution in [2.24, 2.45) is 0 Å². The first kappa shape index (κ1) is 16.7. The highest BCUT2D eigenvalue weighted by Gasteiger charge is 2.42. The monoisotopic (exact) mass is 308 g/mol. The summed E-state index contributed by atoms with van der Waals surface area (Å²) in [6.07, 6.45) is 1.51. The summed E-state index contributed by atoms with van der Waals surface area (Å²) in [6, 6.07) is -0.296. The van der Waals surface area contributed by atoms with Gasteiger partial charge in [0.05, 0.1) is 18.8 Å². The summed E-state index contributed by atoms with van der Waals surface area (Å²) in [5.41, 5.74) is -0.623. The van der Waals surface area contributed by atoms with E-state index >= 15 is 0 Å². The molecular weight excluding hydrogens is 288 g/mol. The van der Waals surface area contributed by atoms with Crippen LogP contribution in [0.25, 0.3) is 0 Å². The smallest absolute Gasteiger partial charge is 0.329 e. The fourth-order valence-corrected chi connectivity index (χ4v) is 2.54. The Hall–Kier alpha value is -1.35. The highest BCUT2D eigenvalue weighted by Crippen LogP contribution is 2.24. The second-order valence-corrected chi connectivity index (χ2v) is 7.46. The molecule has 20 heavy (non-hydrogen) atoms. The first-order valence-corrected chi connectivity index (χ1v) is 8.24. The van der Waals surface area contributed by atoms with Gasteiger partial charge in [-0.2, -0.15) is 0 Å². The molecule has 1 aliphatic rings. The summed E-state index contributed by atoms with van der Waals surface area (Å²) in [5.74, 6) is -1.01. The Labute approximate surface area is 118 Å². The van der Waals surface area contributed by atoms with Crippen molar-refractivity contribution in [3.8, 4) is 0 Å². The average Bonchev–Trinajstić information content (AvgIpc) is 2.27. The molecule has 1 aliphatic heterocycles. The Bertz CT molecular complexity index is 469. The Morgan fingerprint density at radius 1 is 1.40 bits per heavy atom. The lowest BCUT2D eigenvalue weighted by Gasteiger charge is -2.46. The van der Waals surface area contributed by atoms with E-state index in [1.54, 1.807) is 6.92 Å². The quantitative estimate of drug-likeness (QED) is 0.602. The van der Waals surface area contributed by atoms with Gasteiger partial charge in [-0.15, -0.1) is 0 Å². The molecule has 0 aliphatic carbocycles. The number of carbonyl (C=O) groups is 2. The zero-order valence-corrected chi connectivity index (χ0v) is 12.4. The lowest BCUT2D eigenvalue weighted by molar-refractivity contribution is -0.159. The van der Waals surface area contributed by atoms with Crippen molar-refractivity contribution in [2.45, 2.75) is 18.9 Å². The predicted molar refractivity (Wildman–Crippen MR) is 71.3 cm³/mol. The number of carboxylic acids is 1. The summed E-state index contributed by atoms with van der Waals surface area (Å²) < 4.78 is 27.0. The van der Waals surface area contributed by atoms with Gasteiger partial charge in [-0.1, -0.05) is 0 Å². The number of amides is 2. The Morgan fingerprint density at radius 3 is 2.50 bits per heavy atom. The van der Waals surface area contributed by atoms with Crippen LogP contribution in [0.3, 0.4) is 0 Å². The van der Waals surface area contributed by atoms with Crippen LogP contribution in [0.4, 0.5) is 4.79 Å². The van der Waals surface area contributed by atoms with Crippen molar-refractivity contribution in [2.75, 3.05) is 38.2 Å². The second-order valence-electron chi connectivity index (χ2n) is 5.20. The maximum Gasteiger partial charge on any atom is 0.329 e. The molecule has 9 heteroatoms. The zero-order valence-electron chi connectivity index (χ0n) is 11.6. The van der Waals surface area contributed by atoms with Gasteiger partial charge in [-0.25, -0.2) is 18.0 Å². The Morgan fingerprint density at radius 2 is 2.00 bits per heavy atom. The SMILES string of the molecule is CC1(OCC(=O)O)CN(C(=O)NCCCS(C)(=O)=O)C1. The van der Waals surface area contributed by atoms with E-state index in [2.05, 4.69) is 5.32 Å². The van der Waals surface area contributed by atoms with Gasteiger partial charge in [0.1, 0.15) is 22.0 Å². The van der Waals surface area contributed by atoms with Gasteiger partial charge in [0, 0.05) is 12.8 Å². The van der Waals surface area contributed by atoms with Crippen molar-refractivity contribution in [1.29, 1.82) is 0 Å². The Balaban J connectivity index is 2.19. The highest BCUT2D eigenvalue weighted by atomic mass is 32.2. The van der Waals surface area contributed by atoms with Gasteiger partial charge in [0.25, 0.3) is 0 Å². The number of rotatable bonds is 7. The van der Waals surface area contributed by atoms with Crippen molar-refractivity contribution < 1.29 is 27.9 Å². The number of ether oxygens (including phenoxy) is 1. The van der Waals surface area contributed by atoms with Crippen LogP contribution in [0.5, 0.6) is 0 Å². The average molecular weight is 308 g/mol. The maximum absolute atomic E-state index is 11.7. The van der Waals surface area contributed by atoms with Crippen LogP contribution in [-0.2, 0) is 19.4 Å². The number of urea groups is 1. The molecule has 0 radical (unpaired) electrons. The Kier molecular flexibility index (Phi) is 5.35. The van der Waals surface area contributed by atoms with Gasteiger partial charge in [-0.05, 0) is 13.3 Å². The molecule has 1 rings (SSSR count). The number of likely N-dealkylation sites (tertiary alicyclic amines) is 1. The van der Waals surface area contributed by atoms with E-state index in [1.807, 2.05) is 0 Å². The number of hydrogen-bond acceptors (Lipinski definition) is 5. The molecule has 1 fully saturated rings. The first-order valence-electron chi connectivity index (χ1n) is 6.18. The van der Waals surface area contributed by atoms with E-state index < -0.39 is 21.4 Å². The van der Waals surface area contributed by atoms with Crippen LogP contribution in [0.1, 0.15) is 13.3 Å². The van der Waals surface area contributed by atoms with Crippen molar-refractivity contribution in [3.05, 3.63) is 0 Å². The van der Waals surface area contributed by atoms with Crippen LogP contribution >= 0.6 is 0 Å². The molecule has 2 N–H and O–H groups in total. The predicted octanol–water partition coefficient (Wildman–Crippen LogP) is -0.694. The fourth-order valence-electron chi connectivity index (χ4n) is 1.87. The largest absolute Gasteiger partial charge is 0.480 e. The van der Waals surface area contributed by atoms with E-state index in [4.69, 9.17) is 9.84 Å². The summed E-state index contributed by atoms with van der Waals surface area (Å²) in [4.78, 5) is 23.5. The molecule has 1 heterocycles. The van der Waals surface area contributed by atoms with Crippen molar-refractivity contribution >= 4 is 21.8 Å². The minimum absolute atomic E-state index is 0.0344. The lowest BCUT2D eigenvalue weighted by atomic mass is 9.97. The summed E-state index contributed by atoms with van der Waals surface area (Å²) in [7, 11) is -3.01. The minimum Gasteiger partial charge on any atom is -0.480 e. The number of carbonyl (C=O) groups excluding carboxylic acids is 1. The molecule has 0 aromatic carbocycles. The standard InChI is InChI=1S/C11H20N2O6S/c1-11(19-6-9(14)15)7-13(8-11)10(16)12-4-3-5-20(2,17)18/h3-8H2,1-2H3,(H,12,16)(H,14,15). The third-order valence-corrected chi connectivity index (χ3v) is 3.88. The summed E-state index contributed by atoms with van der Waals surface area (Å²) in [6.45, 7) is 2.27. The molecule has 2 amide bonds. The maximum atomic E-state index is 11.7. The lowest BCUT2D eigenvalue weighted by Crippen LogP contribution is -2.65. The molecule has 0 saturated carbocycles. The molecule has 1 saturated heterocycles. The normalized spacial score (nSPS) is 17.4. The van der Waals surface area contributed by atoms with E-state index in [0.717, 1.165) is 6.26 Å². The number of sulfone groups is 1. The van der Waals surface area contributed by atoms with E-state index in [1.165, 1.54) is 4.90 Å². The number of nitrogens with one attached hydrogen (secondary N) is 1. The van der Waals surface area contributed by atoms with Crippen LogP contribution in [0, 0.1) is 0 Å². The van der Waals surface area contributed by atoms with Crippen LogP contribution in [-0.4, -0.2) is 74.3 Å². The molecule has 0 bridgehead atoms. The first-order chi connectivity index (χ1) is 9.11. The molecule has 116 valence electrons. The molecule has 8 nitrogen and oxygen atoms in total. The molecule has 0 aromatic rings. The molecular formula is C11H20N2O6S. The molecule has 0 aromatic heterocycles. The number of hydrogen-bond donors (Lipinski definition) is 2. The van der Waals surface area contributed by atoms with Gasteiger partial charge in [0.2, 0.25) is 0 Å². The van der Waals surface area contributed by atoms with Crippen LogP contribution in [0.2, 0.25) is 0 Å². The van der Waals surface area contributed by atoms with Gasteiger partial charge >= 0.3 is 12.0 Å². The molecule has 0 unspecified atom stereocenters. The second kappa shape index (κ2) is 6.40. The third kappa shape index (κ3) is 5.74. The number of aliphatic carboxylic acids is 1.